The Balaban J connectivity index is 0.000000994. The first-order valence-corrected chi connectivity index (χ1v) is 10.4. The van der Waals surface area contributed by atoms with Crippen LogP contribution in [0.2, 0.25) is 0 Å². The fourth-order valence-corrected chi connectivity index (χ4v) is 4.55. The number of benzene rings is 4. The largest absolute Gasteiger partial charge is 0.308 e. The maximum Gasteiger partial charge on any atom is 0.0992 e. The lowest BCUT2D eigenvalue weighted by molar-refractivity contribution is 1.36. The van der Waals surface area contributed by atoms with E-state index in [-0.39, 0.29) is 0 Å². The predicted molar refractivity (Wildman–Crippen MR) is 127 cm³/mol. The van der Waals surface area contributed by atoms with Crippen molar-refractivity contribution in [3.63, 3.8) is 0 Å². The normalized spacial score (nSPS) is 10.8. The molecule has 0 amide bonds. The highest BCUT2D eigenvalue weighted by Gasteiger charge is 2.20. The number of fused-ring (bicyclic) bond motifs is 6. The van der Waals surface area contributed by atoms with Gasteiger partial charge in [0.25, 0.3) is 0 Å². The number of rotatable bonds is 1. The highest BCUT2D eigenvalue weighted by molar-refractivity contribution is 6.27. The van der Waals surface area contributed by atoms with E-state index in [1.165, 1.54) is 10.9 Å². The van der Waals surface area contributed by atoms with Crippen molar-refractivity contribution in [1.82, 2.24) is 4.40 Å². The molecule has 0 fully saturated rings. The molecule has 3 heteroatoms. The summed E-state index contributed by atoms with van der Waals surface area (Å²) in [7, 11) is 0. The molecular weight excluding hydrogens is 378 g/mol. The van der Waals surface area contributed by atoms with E-state index >= 15 is 0 Å². The zero-order valence-corrected chi connectivity index (χ0v) is 17.3. The van der Waals surface area contributed by atoms with Crippen LogP contribution in [0.5, 0.6) is 0 Å². The zero-order valence-electron chi connectivity index (χ0n) is 17.3. The van der Waals surface area contributed by atoms with Crippen molar-refractivity contribution in [2.24, 2.45) is 0 Å². The first-order chi connectivity index (χ1) is 15.3. The van der Waals surface area contributed by atoms with Gasteiger partial charge in [-0.2, -0.15) is 10.5 Å². The summed E-state index contributed by atoms with van der Waals surface area (Å²) < 4.78 is 2.21. The highest BCUT2D eigenvalue weighted by Crippen LogP contribution is 2.43. The molecule has 3 nitrogen and oxygen atoms in total. The third kappa shape index (κ3) is 2.58. The zero-order chi connectivity index (χ0) is 21.5. The van der Waals surface area contributed by atoms with Crippen LogP contribution in [-0.4, -0.2) is 4.40 Å². The van der Waals surface area contributed by atoms with E-state index in [9.17, 15) is 10.5 Å². The van der Waals surface area contributed by atoms with Gasteiger partial charge < -0.3 is 4.40 Å². The van der Waals surface area contributed by atoms with Crippen LogP contribution in [0.15, 0.2) is 78.9 Å². The summed E-state index contributed by atoms with van der Waals surface area (Å²) >= 11 is 0. The lowest BCUT2D eigenvalue weighted by atomic mass is 9.97. The Labute approximate surface area is 180 Å². The van der Waals surface area contributed by atoms with Crippen molar-refractivity contribution >= 4 is 38.1 Å². The Kier molecular flexibility index (Phi) is 4.32. The van der Waals surface area contributed by atoms with Gasteiger partial charge in [-0.15, -0.1) is 0 Å². The van der Waals surface area contributed by atoms with Crippen LogP contribution in [0.1, 0.15) is 25.0 Å². The molecule has 31 heavy (non-hydrogen) atoms. The third-order valence-electron chi connectivity index (χ3n) is 5.78. The van der Waals surface area contributed by atoms with E-state index in [0.29, 0.717) is 11.1 Å². The molecule has 0 saturated heterocycles. The van der Waals surface area contributed by atoms with Gasteiger partial charge in [0.1, 0.15) is 0 Å². The minimum absolute atomic E-state index is 0.629. The van der Waals surface area contributed by atoms with Crippen molar-refractivity contribution in [1.29, 1.82) is 10.5 Å². The fourth-order valence-electron chi connectivity index (χ4n) is 4.55. The average molecular weight is 397 g/mol. The van der Waals surface area contributed by atoms with Crippen LogP contribution in [0, 0.1) is 22.7 Å². The molecule has 0 atom stereocenters. The molecule has 0 bridgehead atoms. The minimum atomic E-state index is 0.629. The predicted octanol–water partition coefficient (Wildman–Crippen LogP) is 7.27. The summed E-state index contributed by atoms with van der Waals surface area (Å²) in [4.78, 5) is 0. The van der Waals surface area contributed by atoms with Crippen molar-refractivity contribution in [2.45, 2.75) is 13.8 Å². The standard InChI is InChI=1S/C26H13N3.C2H6/c27-14-16-6-8-20-21-11-10-19(18-4-2-1-3-5-18)25-22-9-7-17(15-28)13-24(22)29(26(21)25)23(20)12-16;1-2/h1-13H;1-2H3. The number of hydrogen-bond donors (Lipinski definition) is 0. The molecular formula is C28H19N3. The van der Waals surface area contributed by atoms with E-state index in [2.05, 4.69) is 52.9 Å². The molecule has 0 aliphatic rings. The number of hydrogen-bond acceptors (Lipinski definition) is 2. The van der Waals surface area contributed by atoms with Crippen LogP contribution in [0.25, 0.3) is 49.2 Å². The van der Waals surface area contributed by atoms with E-state index < -0.39 is 0 Å². The van der Waals surface area contributed by atoms with Gasteiger partial charge in [0.2, 0.25) is 0 Å². The molecule has 6 rings (SSSR count). The Morgan fingerprint density at radius 2 is 1.23 bits per heavy atom. The van der Waals surface area contributed by atoms with Crippen LogP contribution >= 0.6 is 0 Å². The van der Waals surface area contributed by atoms with Gasteiger partial charge in [0.15, 0.2) is 0 Å². The summed E-state index contributed by atoms with van der Waals surface area (Å²) in [6, 6.07) is 30.9. The molecule has 0 radical (unpaired) electrons. The molecule has 0 spiro atoms. The monoisotopic (exact) mass is 397 g/mol. The van der Waals surface area contributed by atoms with Gasteiger partial charge in [0, 0.05) is 21.5 Å². The summed E-state index contributed by atoms with van der Waals surface area (Å²) in [5, 5.41) is 23.5. The molecule has 0 unspecified atom stereocenters. The van der Waals surface area contributed by atoms with Crippen LogP contribution in [0.3, 0.4) is 0 Å². The second-order valence-corrected chi connectivity index (χ2v) is 7.27. The van der Waals surface area contributed by atoms with Crippen molar-refractivity contribution < 1.29 is 0 Å². The fraction of sp³-hybridized carbons (Fsp3) is 0.0714. The van der Waals surface area contributed by atoms with E-state index in [1.807, 2.05) is 56.3 Å². The average Bonchev–Trinajstić information content (AvgIpc) is 3.36. The molecule has 2 aromatic heterocycles. The van der Waals surface area contributed by atoms with Crippen molar-refractivity contribution in [3.05, 3.63) is 90.0 Å². The van der Waals surface area contributed by atoms with Gasteiger partial charge in [-0.1, -0.05) is 68.4 Å². The SMILES string of the molecule is CC.N#Cc1ccc2c3ccc(-c4ccccc4)c4c5ccc(C#N)cc5n(c2c1)c34. The van der Waals surface area contributed by atoms with Gasteiger partial charge in [-0.3, -0.25) is 0 Å². The molecule has 0 saturated carbocycles. The van der Waals surface area contributed by atoms with E-state index in [1.54, 1.807) is 0 Å². The maximum absolute atomic E-state index is 9.46. The minimum Gasteiger partial charge on any atom is -0.308 e. The smallest absolute Gasteiger partial charge is 0.0992 e. The van der Waals surface area contributed by atoms with E-state index in [4.69, 9.17) is 0 Å². The molecule has 6 aromatic rings. The molecule has 4 aromatic carbocycles. The number of nitriles is 2. The summed E-state index contributed by atoms with van der Waals surface area (Å²) in [6.45, 7) is 4.00. The van der Waals surface area contributed by atoms with Crippen molar-refractivity contribution in [2.75, 3.05) is 0 Å². The second kappa shape index (κ2) is 7.17. The highest BCUT2D eigenvalue weighted by atomic mass is 14.9. The van der Waals surface area contributed by atoms with Gasteiger partial charge in [-0.05, 0) is 35.4 Å². The Hall–Kier alpha value is -4.34. The number of nitrogens with zero attached hydrogens (tertiary/aromatic N) is 3. The first kappa shape index (κ1) is 18.7. The van der Waals surface area contributed by atoms with Crippen LogP contribution in [0.4, 0.5) is 0 Å². The summed E-state index contributed by atoms with van der Waals surface area (Å²) in [5.74, 6) is 0. The molecule has 2 heterocycles. The lowest BCUT2D eigenvalue weighted by Crippen LogP contribution is -1.83. The van der Waals surface area contributed by atoms with Crippen LogP contribution < -0.4 is 0 Å². The summed E-state index contributed by atoms with van der Waals surface area (Å²) in [5.41, 5.74) is 6.73. The maximum atomic E-state index is 9.46. The second-order valence-electron chi connectivity index (χ2n) is 7.27. The van der Waals surface area contributed by atoms with E-state index in [0.717, 1.165) is 38.3 Å². The third-order valence-corrected chi connectivity index (χ3v) is 5.78. The van der Waals surface area contributed by atoms with Gasteiger partial charge in [0.05, 0.1) is 39.8 Å². The van der Waals surface area contributed by atoms with Gasteiger partial charge in [-0.25, -0.2) is 0 Å². The van der Waals surface area contributed by atoms with Crippen LogP contribution in [-0.2, 0) is 0 Å². The first-order valence-electron chi connectivity index (χ1n) is 10.4. The molecule has 146 valence electrons. The molecule has 0 aliphatic carbocycles. The summed E-state index contributed by atoms with van der Waals surface area (Å²) in [6.07, 6.45) is 0. The molecule has 0 aliphatic heterocycles. The Morgan fingerprint density at radius 1 is 0.645 bits per heavy atom. The van der Waals surface area contributed by atoms with Gasteiger partial charge >= 0.3 is 0 Å². The lowest BCUT2D eigenvalue weighted by Gasteiger charge is -2.05. The quantitative estimate of drug-likeness (QED) is 0.293. The molecule has 0 N–H and O–H groups in total. The van der Waals surface area contributed by atoms with Crippen molar-refractivity contribution in [3.8, 4) is 23.3 Å². The Morgan fingerprint density at radius 3 is 1.87 bits per heavy atom. The number of aromatic nitrogens is 1. The topological polar surface area (TPSA) is 52.0 Å². The Bertz CT molecular complexity index is 1660.